The molecule has 1 saturated heterocycles. The summed E-state index contributed by atoms with van der Waals surface area (Å²) < 4.78 is 6.43. The summed E-state index contributed by atoms with van der Waals surface area (Å²) in [6.45, 7) is 8.44. The van der Waals surface area contributed by atoms with Crippen LogP contribution in [0.2, 0.25) is 0 Å². The highest BCUT2D eigenvalue weighted by Crippen LogP contribution is 2.34. The molecule has 1 aliphatic rings. The molecule has 1 heterocycles. The van der Waals surface area contributed by atoms with Crippen LogP contribution in [0.5, 0.6) is 0 Å². The zero-order valence-corrected chi connectivity index (χ0v) is 11.1. The van der Waals surface area contributed by atoms with E-state index < -0.39 is 0 Å². The van der Waals surface area contributed by atoms with E-state index in [-0.39, 0.29) is 11.2 Å². The van der Waals surface area contributed by atoms with Crippen molar-refractivity contribution >= 4 is 0 Å². The van der Waals surface area contributed by atoms with E-state index in [9.17, 15) is 0 Å². The van der Waals surface area contributed by atoms with Crippen molar-refractivity contribution in [1.82, 2.24) is 5.32 Å². The highest BCUT2D eigenvalue weighted by atomic mass is 16.5. The van der Waals surface area contributed by atoms with E-state index in [2.05, 4.69) is 50.4 Å². The fourth-order valence-corrected chi connectivity index (χ4v) is 2.80. The summed E-state index contributed by atoms with van der Waals surface area (Å²) in [5.74, 6) is 0. The third-order valence-electron chi connectivity index (χ3n) is 3.60. The standard InChI is InChI=1S/C15H23NO/c1-4-10-14(2)11-16-12-15(3,17-14)13-8-6-5-7-9-13/h5-9,16H,4,10-12H2,1-3H3. The van der Waals surface area contributed by atoms with Crippen molar-refractivity contribution in [2.24, 2.45) is 0 Å². The molecule has 1 aromatic carbocycles. The Hall–Kier alpha value is -0.860. The van der Waals surface area contributed by atoms with Crippen LogP contribution in [0.4, 0.5) is 0 Å². The van der Waals surface area contributed by atoms with Gasteiger partial charge in [0.25, 0.3) is 0 Å². The highest BCUT2D eigenvalue weighted by molar-refractivity contribution is 5.23. The minimum Gasteiger partial charge on any atom is -0.362 e. The quantitative estimate of drug-likeness (QED) is 0.866. The molecule has 0 bridgehead atoms. The molecule has 2 rings (SSSR count). The van der Waals surface area contributed by atoms with Crippen molar-refractivity contribution in [3.63, 3.8) is 0 Å². The van der Waals surface area contributed by atoms with Gasteiger partial charge in [0.1, 0.15) is 5.60 Å². The van der Waals surface area contributed by atoms with Crippen LogP contribution >= 0.6 is 0 Å². The normalized spacial score (nSPS) is 33.6. The number of hydrogen-bond donors (Lipinski definition) is 1. The van der Waals surface area contributed by atoms with Crippen LogP contribution in [0.15, 0.2) is 30.3 Å². The third-order valence-corrected chi connectivity index (χ3v) is 3.60. The maximum Gasteiger partial charge on any atom is 0.103 e. The number of nitrogens with one attached hydrogen (secondary N) is 1. The predicted octanol–water partition coefficient (Wildman–Crippen LogP) is 3.08. The molecule has 2 unspecified atom stereocenters. The zero-order chi connectivity index (χ0) is 12.4. The topological polar surface area (TPSA) is 21.3 Å². The van der Waals surface area contributed by atoms with Crippen molar-refractivity contribution in [2.45, 2.75) is 44.8 Å². The van der Waals surface area contributed by atoms with E-state index in [1.807, 2.05) is 6.07 Å². The van der Waals surface area contributed by atoms with Crippen LogP contribution in [0, 0.1) is 0 Å². The van der Waals surface area contributed by atoms with Gasteiger partial charge in [0.15, 0.2) is 0 Å². The second-order valence-electron chi connectivity index (χ2n) is 5.50. The van der Waals surface area contributed by atoms with Gasteiger partial charge in [-0.1, -0.05) is 43.7 Å². The fourth-order valence-electron chi connectivity index (χ4n) is 2.80. The Kier molecular flexibility index (Phi) is 3.55. The van der Waals surface area contributed by atoms with Gasteiger partial charge in [0.2, 0.25) is 0 Å². The molecule has 2 nitrogen and oxygen atoms in total. The van der Waals surface area contributed by atoms with Crippen LogP contribution in [0.1, 0.15) is 39.2 Å². The summed E-state index contributed by atoms with van der Waals surface area (Å²) in [6, 6.07) is 10.5. The molecule has 1 N–H and O–H groups in total. The second-order valence-corrected chi connectivity index (χ2v) is 5.50. The van der Waals surface area contributed by atoms with E-state index in [1.165, 1.54) is 5.56 Å². The highest BCUT2D eigenvalue weighted by Gasteiger charge is 2.40. The minimum absolute atomic E-state index is 0.0441. The number of rotatable bonds is 3. The van der Waals surface area contributed by atoms with E-state index in [0.717, 1.165) is 25.9 Å². The molecule has 17 heavy (non-hydrogen) atoms. The number of ether oxygens (including phenoxy) is 1. The summed E-state index contributed by atoms with van der Waals surface area (Å²) in [5.41, 5.74) is 1.01. The molecule has 1 aliphatic heterocycles. The maximum absolute atomic E-state index is 6.43. The van der Waals surface area contributed by atoms with Crippen LogP contribution in [0.25, 0.3) is 0 Å². The Morgan fingerprint density at radius 2 is 1.88 bits per heavy atom. The zero-order valence-electron chi connectivity index (χ0n) is 11.1. The maximum atomic E-state index is 6.43. The first kappa shape index (κ1) is 12.6. The van der Waals surface area contributed by atoms with Crippen molar-refractivity contribution in [1.29, 1.82) is 0 Å². The molecule has 0 saturated carbocycles. The lowest BCUT2D eigenvalue weighted by atomic mass is 9.89. The average molecular weight is 233 g/mol. The SMILES string of the molecule is CCCC1(C)CNCC(C)(c2ccccc2)O1. The van der Waals surface area contributed by atoms with Crippen molar-refractivity contribution in [3.8, 4) is 0 Å². The van der Waals surface area contributed by atoms with Gasteiger partial charge in [-0.2, -0.15) is 0 Å². The van der Waals surface area contributed by atoms with Gasteiger partial charge >= 0.3 is 0 Å². The first-order valence-electron chi connectivity index (χ1n) is 6.54. The van der Waals surface area contributed by atoms with Gasteiger partial charge in [-0.05, 0) is 25.8 Å². The summed E-state index contributed by atoms with van der Waals surface area (Å²) in [7, 11) is 0. The Bertz CT molecular complexity index is 360. The fraction of sp³-hybridized carbons (Fsp3) is 0.600. The monoisotopic (exact) mass is 233 g/mol. The lowest BCUT2D eigenvalue weighted by Gasteiger charge is -2.46. The van der Waals surface area contributed by atoms with Crippen LogP contribution in [0.3, 0.4) is 0 Å². The summed E-state index contributed by atoms with van der Waals surface area (Å²) in [5, 5.41) is 3.52. The van der Waals surface area contributed by atoms with Crippen LogP contribution in [-0.2, 0) is 10.3 Å². The van der Waals surface area contributed by atoms with Gasteiger partial charge in [-0.3, -0.25) is 0 Å². The molecular formula is C15H23NO. The van der Waals surface area contributed by atoms with Crippen LogP contribution < -0.4 is 5.32 Å². The molecule has 0 aliphatic carbocycles. The number of benzene rings is 1. The first-order chi connectivity index (χ1) is 8.08. The smallest absolute Gasteiger partial charge is 0.103 e. The van der Waals surface area contributed by atoms with E-state index in [0.29, 0.717) is 0 Å². The molecule has 1 aromatic rings. The van der Waals surface area contributed by atoms with Gasteiger partial charge in [0, 0.05) is 13.1 Å². The molecule has 2 heteroatoms. The third kappa shape index (κ3) is 2.70. The largest absolute Gasteiger partial charge is 0.362 e. The molecule has 0 aromatic heterocycles. The second kappa shape index (κ2) is 4.79. The molecule has 0 amide bonds. The van der Waals surface area contributed by atoms with E-state index in [4.69, 9.17) is 4.74 Å². The van der Waals surface area contributed by atoms with Crippen molar-refractivity contribution in [3.05, 3.63) is 35.9 Å². The van der Waals surface area contributed by atoms with Crippen molar-refractivity contribution in [2.75, 3.05) is 13.1 Å². The summed E-state index contributed by atoms with van der Waals surface area (Å²) >= 11 is 0. The predicted molar refractivity (Wildman–Crippen MR) is 71.1 cm³/mol. The van der Waals surface area contributed by atoms with Gasteiger partial charge in [0.05, 0.1) is 5.60 Å². The van der Waals surface area contributed by atoms with E-state index >= 15 is 0 Å². The Labute approximate surface area is 104 Å². The number of morpholine rings is 1. The molecule has 2 atom stereocenters. The summed E-state index contributed by atoms with van der Waals surface area (Å²) in [6.07, 6.45) is 2.26. The first-order valence-corrected chi connectivity index (χ1v) is 6.54. The molecule has 1 fully saturated rings. The Morgan fingerprint density at radius 1 is 1.18 bits per heavy atom. The molecule has 0 spiro atoms. The lowest BCUT2D eigenvalue weighted by molar-refractivity contribution is -0.170. The van der Waals surface area contributed by atoms with Gasteiger partial charge < -0.3 is 10.1 Å². The average Bonchev–Trinajstić information content (AvgIpc) is 2.30. The van der Waals surface area contributed by atoms with Crippen LogP contribution in [-0.4, -0.2) is 18.7 Å². The Balaban J connectivity index is 2.21. The van der Waals surface area contributed by atoms with E-state index in [1.54, 1.807) is 0 Å². The van der Waals surface area contributed by atoms with Crippen molar-refractivity contribution < 1.29 is 4.74 Å². The number of hydrogen-bond acceptors (Lipinski definition) is 2. The lowest BCUT2D eigenvalue weighted by Crippen LogP contribution is -2.56. The van der Waals surface area contributed by atoms with Gasteiger partial charge in [-0.15, -0.1) is 0 Å². The van der Waals surface area contributed by atoms with Gasteiger partial charge in [-0.25, -0.2) is 0 Å². The molecular weight excluding hydrogens is 210 g/mol. The summed E-state index contributed by atoms with van der Waals surface area (Å²) in [4.78, 5) is 0. The Morgan fingerprint density at radius 3 is 2.53 bits per heavy atom. The molecule has 0 radical (unpaired) electrons. The molecule has 94 valence electrons. The minimum atomic E-state index is -0.205.